The van der Waals surface area contributed by atoms with Crippen molar-refractivity contribution < 1.29 is 18.7 Å². The highest BCUT2D eigenvalue weighted by molar-refractivity contribution is 5.68. The quantitative estimate of drug-likeness (QED) is 0.625. The first-order chi connectivity index (χ1) is 6.77. The highest BCUT2D eigenvalue weighted by Gasteiger charge is 2.32. The Morgan fingerprint density at radius 3 is 2.93 bits per heavy atom. The van der Waals surface area contributed by atoms with Gasteiger partial charge in [-0.2, -0.15) is 0 Å². The molecular weight excluding hydrogens is 189 g/mol. The Morgan fingerprint density at radius 1 is 1.64 bits per heavy atom. The normalized spacial score (nSPS) is 16.2. The zero-order chi connectivity index (χ0) is 10.4. The second kappa shape index (κ2) is 5.59. The number of alkyl halides is 1. The topological polar surface area (TPSA) is 38.8 Å². The number of hydrogen-bond acceptors (Lipinski definition) is 3. The lowest BCUT2D eigenvalue weighted by molar-refractivity contribution is -0.0513. The summed E-state index contributed by atoms with van der Waals surface area (Å²) in [6, 6.07) is 0. The number of ether oxygens (including phenoxy) is 2. The van der Waals surface area contributed by atoms with E-state index in [1.807, 2.05) is 0 Å². The number of amides is 1. The molecule has 5 heteroatoms. The molecule has 1 aliphatic heterocycles. The van der Waals surface area contributed by atoms with Gasteiger partial charge in [-0.25, -0.2) is 9.18 Å². The molecule has 0 aromatic carbocycles. The Morgan fingerprint density at radius 2 is 2.36 bits per heavy atom. The molecule has 1 heterocycles. The van der Waals surface area contributed by atoms with Crippen molar-refractivity contribution in [3.05, 3.63) is 12.7 Å². The number of halogens is 1. The largest absolute Gasteiger partial charge is 0.445 e. The summed E-state index contributed by atoms with van der Waals surface area (Å²) >= 11 is 0. The molecule has 14 heavy (non-hydrogen) atoms. The highest BCUT2D eigenvalue weighted by Crippen LogP contribution is 2.12. The molecule has 80 valence electrons. The molecule has 0 atom stereocenters. The standard InChI is InChI=1S/C9H14FNO3/c1-2-4-14-9(12)11-6-8(7-11)13-5-3-10/h2,8H,1,3-7H2. The first-order valence-corrected chi connectivity index (χ1v) is 4.48. The molecule has 1 fully saturated rings. The number of carbonyl (C=O) groups is 1. The summed E-state index contributed by atoms with van der Waals surface area (Å²) in [5, 5.41) is 0. The van der Waals surface area contributed by atoms with Gasteiger partial charge >= 0.3 is 6.09 Å². The van der Waals surface area contributed by atoms with Crippen LogP contribution in [0.4, 0.5) is 9.18 Å². The Bertz CT molecular complexity index is 204. The molecule has 0 aromatic rings. The Hall–Kier alpha value is -1.10. The Kier molecular flexibility index (Phi) is 4.39. The zero-order valence-electron chi connectivity index (χ0n) is 7.95. The third-order valence-corrected chi connectivity index (χ3v) is 1.86. The summed E-state index contributed by atoms with van der Waals surface area (Å²) in [6.45, 7) is 4.22. The number of carbonyl (C=O) groups excluding carboxylic acids is 1. The highest BCUT2D eigenvalue weighted by atomic mass is 19.1. The van der Waals surface area contributed by atoms with E-state index in [1.165, 1.54) is 11.0 Å². The lowest BCUT2D eigenvalue weighted by Crippen LogP contribution is -2.55. The molecule has 0 aliphatic carbocycles. The predicted octanol–water partition coefficient (Wildman–Crippen LogP) is 0.979. The molecule has 0 saturated carbocycles. The van der Waals surface area contributed by atoms with Crippen LogP contribution in [0.15, 0.2) is 12.7 Å². The van der Waals surface area contributed by atoms with Crippen LogP contribution in [-0.4, -0.2) is 50.1 Å². The molecule has 0 spiro atoms. The van der Waals surface area contributed by atoms with E-state index in [4.69, 9.17) is 9.47 Å². The second-order valence-corrected chi connectivity index (χ2v) is 2.95. The molecule has 0 aromatic heterocycles. The molecule has 0 N–H and O–H groups in total. The summed E-state index contributed by atoms with van der Waals surface area (Å²) in [5.74, 6) is 0. The number of hydrogen-bond donors (Lipinski definition) is 0. The van der Waals surface area contributed by atoms with E-state index in [0.29, 0.717) is 13.1 Å². The minimum Gasteiger partial charge on any atom is -0.445 e. The smallest absolute Gasteiger partial charge is 0.410 e. The van der Waals surface area contributed by atoms with Crippen molar-refractivity contribution in [1.82, 2.24) is 4.90 Å². The number of rotatable bonds is 5. The van der Waals surface area contributed by atoms with Crippen LogP contribution in [0.1, 0.15) is 0 Å². The molecule has 0 radical (unpaired) electrons. The van der Waals surface area contributed by atoms with Gasteiger partial charge in [-0.15, -0.1) is 0 Å². The fourth-order valence-electron chi connectivity index (χ4n) is 1.13. The Balaban J connectivity index is 2.07. The summed E-state index contributed by atoms with van der Waals surface area (Å²) in [7, 11) is 0. The van der Waals surface area contributed by atoms with Gasteiger partial charge in [0.25, 0.3) is 0 Å². The molecule has 1 aliphatic rings. The number of likely N-dealkylation sites (tertiary alicyclic amines) is 1. The maximum Gasteiger partial charge on any atom is 0.410 e. The van der Waals surface area contributed by atoms with Crippen LogP contribution in [0.2, 0.25) is 0 Å². The SMILES string of the molecule is C=CCOC(=O)N1CC(OCCF)C1. The molecule has 1 saturated heterocycles. The van der Waals surface area contributed by atoms with Crippen LogP contribution >= 0.6 is 0 Å². The second-order valence-electron chi connectivity index (χ2n) is 2.95. The average molecular weight is 203 g/mol. The van der Waals surface area contributed by atoms with E-state index in [-0.39, 0.29) is 25.4 Å². The third-order valence-electron chi connectivity index (χ3n) is 1.86. The first kappa shape index (κ1) is 11.0. The van der Waals surface area contributed by atoms with Gasteiger partial charge in [0.2, 0.25) is 0 Å². The summed E-state index contributed by atoms with van der Waals surface area (Å²) in [5.41, 5.74) is 0. The van der Waals surface area contributed by atoms with Crippen molar-refractivity contribution in [1.29, 1.82) is 0 Å². The van der Waals surface area contributed by atoms with Crippen LogP contribution in [-0.2, 0) is 9.47 Å². The van der Waals surface area contributed by atoms with Crippen molar-refractivity contribution in [3.63, 3.8) is 0 Å². The van der Waals surface area contributed by atoms with Crippen LogP contribution in [0.5, 0.6) is 0 Å². The maximum absolute atomic E-state index is 11.7. The van der Waals surface area contributed by atoms with Crippen LogP contribution in [0, 0.1) is 0 Å². The van der Waals surface area contributed by atoms with E-state index < -0.39 is 6.67 Å². The van der Waals surface area contributed by atoms with Crippen LogP contribution < -0.4 is 0 Å². The summed E-state index contributed by atoms with van der Waals surface area (Å²) in [6.07, 6.45) is 1.10. The zero-order valence-corrected chi connectivity index (χ0v) is 7.95. The average Bonchev–Trinajstić information content (AvgIpc) is 2.12. The molecular formula is C9H14FNO3. The minimum atomic E-state index is -0.489. The van der Waals surface area contributed by atoms with Gasteiger partial charge < -0.3 is 14.4 Å². The monoisotopic (exact) mass is 203 g/mol. The van der Waals surface area contributed by atoms with Crippen molar-refractivity contribution in [2.75, 3.05) is 33.0 Å². The molecule has 4 nitrogen and oxygen atoms in total. The lowest BCUT2D eigenvalue weighted by atomic mass is 10.2. The summed E-state index contributed by atoms with van der Waals surface area (Å²) < 4.78 is 21.5. The molecule has 0 bridgehead atoms. The van der Waals surface area contributed by atoms with Gasteiger partial charge in [-0.05, 0) is 0 Å². The van der Waals surface area contributed by atoms with Crippen molar-refractivity contribution in [2.45, 2.75) is 6.10 Å². The van der Waals surface area contributed by atoms with Crippen molar-refractivity contribution >= 4 is 6.09 Å². The van der Waals surface area contributed by atoms with E-state index >= 15 is 0 Å². The van der Waals surface area contributed by atoms with Gasteiger partial charge in [0.1, 0.15) is 13.3 Å². The van der Waals surface area contributed by atoms with E-state index in [2.05, 4.69) is 6.58 Å². The van der Waals surface area contributed by atoms with E-state index in [9.17, 15) is 9.18 Å². The number of nitrogens with zero attached hydrogens (tertiary/aromatic N) is 1. The lowest BCUT2D eigenvalue weighted by Gasteiger charge is -2.37. The van der Waals surface area contributed by atoms with Gasteiger partial charge in [0, 0.05) is 0 Å². The summed E-state index contributed by atoms with van der Waals surface area (Å²) in [4.78, 5) is 12.6. The predicted molar refractivity (Wildman–Crippen MR) is 48.8 cm³/mol. The first-order valence-electron chi connectivity index (χ1n) is 4.48. The molecule has 1 amide bonds. The maximum atomic E-state index is 11.7. The van der Waals surface area contributed by atoms with Crippen LogP contribution in [0.25, 0.3) is 0 Å². The van der Waals surface area contributed by atoms with E-state index in [0.717, 1.165) is 0 Å². The van der Waals surface area contributed by atoms with Gasteiger partial charge in [0.15, 0.2) is 0 Å². The fourth-order valence-corrected chi connectivity index (χ4v) is 1.13. The van der Waals surface area contributed by atoms with Gasteiger partial charge in [-0.1, -0.05) is 12.7 Å². The van der Waals surface area contributed by atoms with Gasteiger partial charge in [0.05, 0.1) is 25.8 Å². The van der Waals surface area contributed by atoms with Crippen molar-refractivity contribution in [3.8, 4) is 0 Å². The van der Waals surface area contributed by atoms with Crippen LogP contribution in [0.3, 0.4) is 0 Å². The third kappa shape index (κ3) is 2.99. The molecule has 0 unspecified atom stereocenters. The van der Waals surface area contributed by atoms with Crippen molar-refractivity contribution in [2.24, 2.45) is 0 Å². The van der Waals surface area contributed by atoms with E-state index in [1.54, 1.807) is 0 Å². The Labute approximate surface area is 82.3 Å². The minimum absolute atomic E-state index is 0.0398. The van der Waals surface area contributed by atoms with Gasteiger partial charge in [-0.3, -0.25) is 0 Å². The molecule has 1 rings (SSSR count). The fraction of sp³-hybridized carbons (Fsp3) is 0.667.